The lowest BCUT2D eigenvalue weighted by Crippen LogP contribution is -2.39. The number of pyridine rings is 1. The fraction of sp³-hybridized carbons (Fsp3) is 0.438. The molecule has 23 heavy (non-hydrogen) atoms. The number of piperidine rings is 1. The second kappa shape index (κ2) is 6.76. The maximum atomic E-state index is 13.6. The minimum atomic E-state index is -0.415. The molecule has 6 nitrogen and oxygen atoms in total. The highest BCUT2D eigenvalue weighted by Gasteiger charge is 2.23. The van der Waals surface area contributed by atoms with Crippen LogP contribution in [0.2, 0.25) is 0 Å². The van der Waals surface area contributed by atoms with Crippen LogP contribution in [0, 0.1) is 5.82 Å². The van der Waals surface area contributed by atoms with Gasteiger partial charge in [-0.15, -0.1) is 0 Å². The first-order valence-corrected chi connectivity index (χ1v) is 7.66. The predicted molar refractivity (Wildman–Crippen MR) is 86.4 cm³/mol. The minimum Gasteiger partial charge on any atom is -0.472 e. The summed E-state index contributed by atoms with van der Waals surface area (Å²) in [7, 11) is 3.83. The van der Waals surface area contributed by atoms with Gasteiger partial charge in [0.2, 0.25) is 5.95 Å². The number of nitrogens with zero attached hydrogens (tertiary/aromatic N) is 5. The number of ether oxygens (including phenoxy) is 1. The van der Waals surface area contributed by atoms with Crippen molar-refractivity contribution in [2.24, 2.45) is 0 Å². The lowest BCUT2D eigenvalue weighted by Gasteiger charge is -2.32. The Hall–Kier alpha value is -2.44. The zero-order chi connectivity index (χ0) is 16.2. The Bertz CT molecular complexity index is 658. The molecule has 0 unspecified atom stereocenters. The SMILES string of the molecule is CN(C)c1nccc(N2CCC(Oc3ncccc3F)CC2)n1. The molecular formula is C16H20FN5O. The van der Waals surface area contributed by atoms with Gasteiger partial charge in [0.25, 0.3) is 5.88 Å². The van der Waals surface area contributed by atoms with E-state index in [9.17, 15) is 4.39 Å². The number of halogens is 1. The minimum absolute atomic E-state index is 0.0224. The normalized spacial score (nSPS) is 15.5. The highest BCUT2D eigenvalue weighted by atomic mass is 19.1. The van der Waals surface area contributed by atoms with Gasteiger partial charge in [0.15, 0.2) is 5.82 Å². The fourth-order valence-electron chi connectivity index (χ4n) is 2.55. The van der Waals surface area contributed by atoms with Crippen molar-refractivity contribution in [1.29, 1.82) is 0 Å². The number of anilines is 2. The van der Waals surface area contributed by atoms with Gasteiger partial charge in [-0.05, 0) is 18.2 Å². The van der Waals surface area contributed by atoms with Crippen molar-refractivity contribution >= 4 is 11.8 Å². The van der Waals surface area contributed by atoms with Crippen molar-refractivity contribution < 1.29 is 9.13 Å². The third kappa shape index (κ3) is 3.67. The van der Waals surface area contributed by atoms with E-state index in [1.54, 1.807) is 12.3 Å². The van der Waals surface area contributed by atoms with Gasteiger partial charge in [0.1, 0.15) is 11.9 Å². The summed E-state index contributed by atoms with van der Waals surface area (Å²) >= 11 is 0. The van der Waals surface area contributed by atoms with E-state index in [-0.39, 0.29) is 12.0 Å². The molecule has 122 valence electrons. The van der Waals surface area contributed by atoms with Crippen LogP contribution in [0.25, 0.3) is 0 Å². The number of aromatic nitrogens is 3. The molecule has 0 aliphatic carbocycles. The van der Waals surface area contributed by atoms with Gasteiger partial charge in [-0.3, -0.25) is 0 Å². The van der Waals surface area contributed by atoms with Crippen molar-refractivity contribution in [2.45, 2.75) is 18.9 Å². The average molecular weight is 317 g/mol. The molecule has 0 spiro atoms. The predicted octanol–water partition coefficient (Wildman–Crippen LogP) is 2.12. The Morgan fingerprint density at radius 2 is 1.96 bits per heavy atom. The Balaban J connectivity index is 1.60. The molecule has 3 heterocycles. The first-order chi connectivity index (χ1) is 11.1. The summed E-state index contributed by atoms with van der Waals surface area (Å²) in [5, 5.41) is 0. The van der Waals surface area contributed by atoms with Crippen LogP contribution >= 0.6 is 0 Å². The Labute approximate surface area is 134 Å². The summed E-state index contributed by atoms with van der Waals surface area (Å²) in [6.45, 7) is 1.62. The van der Waals surface area contributed by atoms with Crippen LogP contribution < -0.4 is 14.5 Å². The molecule has 1 aliphatic heterocycles. The molecular weight excluding hydrogens is 297 g/mol. The molecule has 0 saturated carbocycles. The smallest absolute Gasteiger partial charge is 0.250 e. The molecule has 0 amide bonds. The summed E-state index contributed by atoms with van der Waals surface area (Å²) in [5.74, 6) is 1.27. The average Bonchev–Trinajstić information content (AvgIpc) is 2.58. The van der Waals surface area contributed by atoms with Crippen LogP contribution in [0.15, 0.2) is 30.6 Å². The first kappa shape index (κ1) is 15.5. The summed E-state index contributed by atoms with van der Waals surface area (Å²) in [4.78, 5) is 16.8. The number of hydrogen-bond acceptors (Lipinski definition) is 6. The highest BCUT2D eigenvalue weighted by Crippen LogP contribution is 2.23. The van der Waals surface area contributed by atoms with Crippen molar-refractivity contribution in [1.82, 2.24) is 15.0 Å². The van der Waals surface area contributed by atoms with Crippen LogP contribution in [0.3, 0.4) is 0 Å². The van der Waals surface area contributed by atoms with Gasteiger partial charge in [0, 0.05) is 52.4 Å². The van der Waals surface area contributed by atoms with E-state index in [4.69, 9.17) is 4.74 Å². The molecule has 1 aliphatic rings. The standard InChI is InChI=1S/C16H20FN5O/c1-21(2)16-19-9-5-14(20-16)22-10-6-12(7-11-22)23-15-13(17)4-3-8-18-15/h3-5,8-9,12H,6-7,10-11H2,1-2H3. The lowest BCUT2D eigenvalue weighted by atomic mass is 10.1. The molecule has 1 saturated heterocycles. The van der Waals surface area contributed by atoms with E-state index in [0.29, 0.717) is 5.95 Å². The van der Waals surface area contributed by atoms with E-state index in [1.807, 2.05) is 25.1 Å². The fourth-order valence-corrected chi connectivity index (χ4v) is 2.55. The molecule has 0 radical (unpaired) electrons. The zero-order valence-corrected chi connectivity index (χ0v) is 13.3. The molecule has 0 atom stereocenters. The van der Waals surface area contributed by atoms with Crippen LogP contribution in [-0.2, 0) is 0 Å². The maximum absolute atomic E-state index is 13.6. The van der Waals surface area contributed by atoms with E-state index < -0.39 is 5.82 Å². The van der Waals surface area contributed by atoms with Gasteiger partial charge in [-0.2, -0.15) is 4.98 Å². The van der Waals surface area contributed by atoms with Crippen LogP contribution in [-0.4, -0.2) is 48.2 Å². The summed E-state index contributed by atoms with van der Waals surface area (Å²) in [6.07, 6.45) is 4.89. The molecule has 2 aromatic rings. The van der Waals surface area contributed by atoms with E-state index >= 15 is 0 Å². The van der Waals surface area contributed by atoms with Crippen molar-refractivity contribution in [3.63, 3.8) is 0 Å². The Kier molecular flexibility index (Phi) is 4.55. The first-order valence-electron chi connectivity index (χ1n) is 7.66. The van der Waals surface area contributed by atoms with Crippen molar-refractivity contribution in [3.8, 4) is 5.88 Å². The van der Waals surface area contributed by atoms with Crippen LogP contribution in [0.4, 0.5) is 16.2 Å². The van der Waals surface area contributed by atoms with Gasteiger partial charge < -0.3 is 14.5 Å². The van der Waals surface area contributed by atoms with E-state index in [2.05, 4.69) is 19.9 Å². The molecule has 0 N–H and O–H groups in total. The van der Waals surface area contributed by atoms with E-state index in [0.717, 1.165) is 31.7 Å². The number of rotatable bonds is 4. The molecule has 0 bridgehead atoms. The molecule has 3 rings (SSSR count). The second-order valence-corrected chi connectivity index (χ2v) is 5.70. The largest absolute Gasteiger partial charge is 0.472 e. The summed E-state index contributed by atoms with van der Waals surface area (Å²) in [5.41, 5.74) is 0. The third-order valence-electron chi connectivity index (χ3n) is 3.80. The Morgan fingerprint density at radius 3 is 2.65 bits per heavy atom. The highest BCUT2D eigenvalue weighted by molar-refractivity contribution is 5.43. The summed E-state index contributed by atoms with van der Waals surface area (Å²) in [6, 6.07) is 4.83. The van der Waals surface area contributed by atoms with Gasteiger partial charge in [0.05, 0.1) is 0 Å². The topological polar surface area (TPSA) is 54.4 Å². The molecule has 0 aromatic carbocycles. The second-order valence-electron chi connectivity index (χ2n) is 5.70. The maximum Gasteiger partial charge on any atom is 0.250 e. The van der Waals surface area contributed by atoms with Crippen molar-refractivity contribution in [2.75, 3.05) is 37.0 Å². The quantitative estimate of drug-likeness (QED) is 0.861. The monoisotopic (exact) mass is 317 g/mol. The van der Waals surface area contributed by atoms with Gasteiger partial charge in [-0.25, -0.2) is 14.4 Å². The van der Waals surface area contributed by atoms with Crippen LogP contribution in [0.5, 0.6) is 5.88 Å². The van der Waals surface area contributed by atoms with Gasteiger partial charge in [-0.1, -0.05) is 0 Å². The Morgan fingerprint density at radius 1 is 1.17 bits per heavy atom. The molecule has 1 fully saturated rings. The van der Waals surface area contributed by atoms with Crippen molar-refractivity contribution in [3.05, 3.63) is 36.4 Å². The third-order valence-corrected chi connectivity index (χ3v) is 3.80. The molecule has 2 aromatic heterocycles. The van der Waals surface area contributed by atoms with E-state index in [1.165, 1.54) is 12.3 Å². The lowest BCUT2D eigenvalue weighted by molar-refractivity contribution is 0.156. The van der Waals surface area contributed by atoms with Crippen LogP contribution in [0.1, 0.15) is 12.8 Å². The molecule has 7 heteroatoms. The zero-order valence-electron chi connectivity index (χ0n) is 13.3. The van der Waals surface area contributed by atoms with Gasteiger partial charge >= 0.3 is 0 Å². The number of hydrogen-bond donors (Lipinski definition) is 0. The summed E-state index contributed by atoms with van der Waals surface area (Å²) < 4.78 is 19.3.